The van der Waals surface area contributed by atoms with Gasteiger partial charge in [-0.15, -0.1) is 0 Å². The number of hydrogen-bond donors (Lipinski definition) is 3. The van der Waals surface area contributed by atoms with E-state index in [4.69, 9.17) is 9.84 Å². The van der Waals surface area contributed by atoms with Crippen LogP contribution in [0.5, 0.6) is 5.75 Å². The Morgan fingerprint density at radius 3 is 2.67 bits per heavy atom. The van der Waals surface area contributed by atoms with Gasteiger partial charge in [-0.2, -0.15) is 5.10 Å². The third-order valence-corrected chi connectivity index (χ3v) is 4.59. The summed E-state index contributed by atoms with van der Waals surface area (Å²) in [5.74, 6) is -1.39. The first-order chi connectivity index (χ1) is 11.3. The molecule has 0 bridgehead atoms. The van der Waals surface area contributed by atoms with Gasteiger partial charge in [-0.05, 0) is 17.5 Å². The molecule has 0 radical (unpaired) electrons. The van der Waals surface area contributed by atoms with Crippen LogP contribution in [0.25, 0.3) is 11.3 Å². The lowest BCUT2D eigenvalue weighted by Gasteiger charge is -2.02. The molecule has 1 fully saturated rings. The Labute approximate surface area is 139 Å². The van der Waals surface area contributed by atoms with Gasteiger partial charge in [0.25, 0.3) is 0 Å². The number of H-pyrrole nitrogens is 1. The number of rotatable bonds is 5. The summed E-state index contributed by atoms with van der Waals surface area (Å²) in [5, 5.41) is 18.8. The first-order valence-electron chi connectivity index (χ1n) is 7.58. The zero-order chi connectivity index (χ0) is 17.5. The highest BCUT2D eigenvalue weighted by Gasteiger charge is 2.65. The second-order valence-electron chi connectivity index (χ2n) is 6.50. The number of nitrogens with zero attached hydrogens (tertiary/aromatic N) is 1. The summed E-state index contributed by atoms with van der Waals surface area (Å²) in [4.78, 5) is 23.5. The number of nitrogens with one attached hydrogen (secondary N) is 2. The van der Waals surface area contributed by atoms with Crippen LogP contribution in [0, 0.1) is 17.3 Å². The van der Waals surface area contributed by atoms with Gasteiger partial charge in [0.2, 0.25) is 5.91 Å². The van der Waals surface area contributed by atoms with Crippen molar-refractivity contribution in [2.45, 2.75) is 13.8 Å². The van der Waals surface area contributed by atoms with Crippen molar-refractivity contribution in [2.24, 2.45) is 17.3 Å². The topological polar surface area (TPSA) is 104 Å². The highest BCUT2D eigenvalue weighted by molar-refractivity contribution is 5.99. The molecule has 126 valence electrons. The first kappa shape index (κ1) is 16.0. The van der Waals surface area contributed by atoms with E-state index in [1.165, 1.54) is 0 Å². The van der Waals surface area contributed by atoms with E-state index < -0.39 is 23.2 Å². The Morgan fingerprint density at radius 2 is 2.04 bits per heavy atom. The fourth-order valence-corrected chi connectivity index (χ4v) is 3.12. The van der Waals surface area contributed by atoms with Gasteiger partial charge in [-0.25, -0.2) is 0 Å². The average Bonchev–Trinajstić information content (AvgIpc) is 2.89. The number of benzene rings is 1. The van der Waals surface area contributed by atoms with Crippen molar-refractivity contribution in [1.29, 1.82) is 0 Å². The SMILES string of the molecule is COc1cccc(-c2cc(NC(=O)C3C(C(=O)O)C3(C)C)n[nH]2)c1. The number of aromatic nitrogens is 2. The van der Waals surface area contributed by atoms with Gasteiger partial charge < -0.3 is 15.2 Å². The summed E-state index contributed by atoms with van der Waals surface area (Å²) >= 11 is 0. The molecule has 7 heteroatoms. The van der Waals surface area contributed by atoms with Gasteiger partial charge in [-0.3, -0.25) is 14.7 Å². The molecule has 1 aliphatic rings. The van der Waals surface area contributed by atoms with Gasteiger partial charge in [0.05, 0.1) is 24.6 Å². The first-order valence-corrected chi connectivity index (χ1v) is 7.58. The third kappa shape index (κ3) is 2.73. The fraction of sp³-hybridized carbons (Fsp3) is 0.353. The number of aliphatic carboxylic acids is 1. The Hall–Kier alpha value is -2.83. The van der Waals surface area contributed by atoms with Crippen LogP contribution in [-0.2, 0) is 9.59 Å². The molecular weight excluding hydrogens is 310 g/mol. The molecule has 2 unspecified atom stereocenters. The molecule has 0 saturated heterocycles. The Morgan fingerprint density at radius 1 is 1.29 bits per heavy atom. The number of methoxy groups -OCH3 is 1. The standard InChI is InChI=1S/C17H19N3O4/c1-17(2)13(14(17)16(22)23)15(21)18-12-8-11(19-20-12)9-5-4-6-10(7-9)24-3/h4-8,13-14H,1-3H3,(H,22,23)(H2,18,19,20,21). The van der Waals surface area contributed by atoms with Crippen LogP contribution in [0.4, 0.5) is 5.82 Å². The van der Waals surface area contributed by atoms with Gasteiger partial charge in [0.15, 0.2) is 5.82 Å². The molecule has 3 rings (SSSR count). The highest BCUT2D eigenvalue weighted by atomic mass is 16.5. The van der Waals surface area contributed by atoms with E-state index in [0.29, 0.717) is 5.82 Å². The van der Waals surface area contributed by atoms with Crippen LogP contribution in [0.3, 0.4) is 0 Å². The van der Waals surface area contributed by atoms with Crippen LogP contribution in [-0.4, -0.2) is 34.3 Å². The lowest BCUT2D eigenvalue weighted by atomic mass is 10.1. The molecule has 1 amide bonds. The molecule has 2 atom stereocenters. The van der Waals surface area contributed by atoms with Crippen LogP contribution in [0.2, 0.25) is 0 Å². The molecule has 7 nitrogen and oxygen atoms in total. The lowest BCUT2D eigenvalue weighted by molar-refractivity contribution is -0.140. The molecule has 24 heavy (non-hydrogen) atoms. The number of carboxylic acid groups (broad SMARTS) is 1. The van der Waals surface area contributed by atoms with Crippen molar-refractivity contribution in [3.05, 3.63) is 30.3 Å². The lowest BCUT2D eigenvalue weighted by Crippen LogP contribution is -2.17. The predicted molar refractivity (Wildman–Crippen MR) is 87.6 cm³/mol. The Balaban J connectivity index is 1.73. The maximum atomic E-state index is 12.3. The van der Waals surface area contributed by atoms with E-state index in [1.807, 2.05) is 24.3 Å². The van der Waals surface area contributed by atoms with E-state index in [2.05, 4.69) is 15.5 Å². The van der Waals surface area contributed by atoms with Gasteiger partial charge in [0, 0.05) is 11.6 Å². The predicted octanol–water partition coefficient (Wildman–Crippen LogP) is 2.38. The zero-order valence-corrected chi connectivity index (χ0v) is 13.7. The summed E-state index contributed by atoms with van der Waals surface area (Å²) in [7, 11) is 1.59. The van der Waals surface area contributed by atoms with Crippen LogP contribution >= 0.6 is 0 Å². The van der Waals surface area contributed by atoms with Crippen molar-refractivity contribution < 1.29 is 19.4 Å². The smallest absolute Gasteiger partial charge is 0.307 e. The number of carboxylic acids is 1. The molecule has 1 aliphatic carbocycles. The maximum absolute atomic E-state index is 12.3. The van der Waals surface area contributed by atoms with E-state index in [-0.39, 0.29) is 5.91 Å². The third-order valence-electron chi connectivity index (χ3n) is 4.59. The molecule has 0 aliphatic heterocycles. The average molecular weight is 329 g/mol. The van der Waals surface area contributed by atoms with Crippen molar-refractivity contribution in [1.82, 2.24) is 10.2 Å². The van der Waals surface area contributed by atoms with E-state index >= 15 is 0 Å². The number of anilines is 1. The van der Waals surface area contributed by atoms with Crippen LogP contribution < -0.4 is 10.1 Å². The quantitative estimate of drug-likeness (QED) is 0.781. The van der Waals surface area contributed by atoms with Crippen molar-refractivity contribution in [2.75, 3.05) is 12.4 Å². The normalized spacial score (nSPS) is 21.1. The van der Waals surface area contributed by atoms with Crippen molar-refractivity contribution >= 4 is 17.7 Å². The van der Waals surface area contributed by atoms with E-state index in [1.54, 1.807) is 27.0 Å². The summed E-state index contributed by atoms with van der Waals surface area (Å²) in [6, 6.07) is 9.15. The molecule has 1 aromatic carbocycles. The molecule has 0 spiro atoms. The monoisotopic (exact) mass is 329 g/mol. The molecular formula is C17H19N3O4. The minimum atomic E-state index is -0.945. The largest absolute Gasteiger partial charge is 0.497 e. The number of carbonyl (C=O) groups excluding carboxylic acids is 1. The number of ether oxygens (including phenoxy) is 1. The number of amides is 1. The molecule has 1 aromatic heterocycles. The zero-order valence-electron chi connectivity index (χ0n) is 13.7. The number of carbonyl (C=O) groups is 2. The second kappa shape index (κ2) is 5.67. The maximum Gasteiger partial charge on any atom is 0.307 e. The fourth-order valence-electron chi connectivity index (χ4n) is 3.12. The van der Waals surface area contributed by atoms with E-state index in [0.717, 1.165) is 17.0 Å². The van der Waals surface area contributed by atoms with Crippen molar-refractivity contribution in [3.63, 3.8) is 0 Å². The summed E-state index contributed by atoms with van der Waals surface area (Å²) < 4.78 is 5.18. The van der Waals surface area contributed by atoms with Gasteiger partial charge in [-0.1, -0.05) is 26.0 Å². The van der Waals surface area contributed by atoms with Gasteiger partial charge >= 0.3 is 5.97 Å². The Kier molecular flexibility index (Phi) is 3.79. The van der Waals surface area contributed by atoms with Crippen LogP contribution in [0.15, 0.2) is 30.3 Å². The van der Waals surface area contributed by atoms with Crippen LogP contribution in [0.1, 0.15) is 13.8 Å². The summed E-state index contributed by atoms with van der Waals surface area (Å²) in [6.07, 6.45) is 0. The highest BCUT2D eigenvalue weighted by Crippen LogP contribution is 2.58. The van der Waals surface area contributed by atoms with Gasteiger partial charge in [0.1, 0.15) is 5.75 Å². The Bertz CT molecular complexity index is 797. The molecule has 2 aromatic rings. The van der Waals surface area contributed by atoms with Crippen molar-refractivity contribution in [3.8, 4) is 17.0 Å². The molecule has 1 saturated carbocycles. The van der Waals surface area contributed by atoms with E-state index in [9.17, 15) is 9.59 Å². The molecule has 3 N–H and O–H groups in total. The summed E-state index contributed by atoms with van der Waals surface area (Å²) in [5.41, 5.74) is 1.06. The number of hydrogen-bond acceptors (Lipinski definition) is 4. The minimum absolute atomic E-state index is 0.323. The minimum Gasteiger partial charge on any atom is -0.497 e. The summed E-state index contributed by atoms with van der Waals surface area (Å²) in [6.45, 7) is 3.56. The number of aromatic amines is 1. The second-order valence-corrected chi connectivity index (χ2v) is 6.50. The molecule has 1 heterocycles.